The van der Waals surface area contributed by atoms with E-state index in [0.717, 1.165) is 33.0 Å². The highest BCUT2D eigenvalue weighted by molar-refractivity contribution is 5.99. The number of hydrogen-bond donors (Lipinski definition) is 0. The van der Waals surface area contributed by atoms with Crippen molar-refractivity contribution in [2.45, 2.75) is 19.3 Å². The van der Waals surface area contributed by atoms with Gasteiger partial charge in [0.05, 0.1) is 15.3 Å². The van der Waals surface area contributed by atoms with E-state index in [4.69, 9.17) is 8.22 Å². The largest absolute Gasteiger partial charge is 0.310 e. The van der Waals surface area contributed by atoms with Crippen molar-refractivity contribution in [2.24, 2.45) is 0 Å². The molecule has 0 unspecified atom stereocenters. The van der Waals surface area contributed by atoms with Gasteiger partial charge in [0.1, 0.15) is 0 Å². The highest BCUT2D eigenvalue weighted by Crippen LogP contribution is 2.52. The van der Waals surface area contributed by atoms with Crippen LogP contribution in [0.1, 0.15) is 34.6 Å². The van der Waals surface area contributed by atoms with Gasteiger partial charge < -0.3 is 4.90 Å². The van der Waals surface area contributed by atoms with E-state index >= 15 is 0 Å². The zero-order valence-corrected chi connectivity index (χ0v) is 26.6. The Kier molecular flexibility index (Phi) is 5.04. The Labute approximate surface area is 292 Å². The topological polar surface area (TPSA) is 3.24 Å². The minimum Gasteiger partial charge on any atom is -0.310 e. The summed E-state index contributed by atoms with van der Waals surface area (Å²) in [5, 5.41) is 2.16. The van der Waals surface area contributed by atoms with Gasteiger partial charge in [-0.1, -0.05) is 153 Å². The van der Waals surface area contributed by atoms with Gasteiger partial charge in [-0.15, -0.1) is 0 Å². The first-order chi connectivity index (χ1) is 26.5. The third-order valence-corrected chi connectivity index (χ3v) is 9.72. The third kappa shape index (κ3) is 4.54. The van der Waals surface area contributed by atoms with Crippen LogP contribution < -0.4 is 4.90 Å². The lowest BCUT2D eigenvalue weighted by Crippen LogP contribution is -2.16. The molecule has 0 amide bonds. The molecule has 0 aromatic heterocycles. The van der Waals surface area contributed by atoms with Gasteiger partial charge in [0.2, 0.25) is 0 Å². The molecule has 1 aliphatic rings. The summed E-state index contributed by atoms with van der Waals surface area (Å²) in [6, 6.07) is 42.4. The van der Waals surface area contributed by atoms with Crippen molar-refractivity contribution in [3.63, 3.8) is 0 Å². The Morgan fingerprint density at radius 2 is 1.17 bits per heavy atom. The molecule has 0 saturated carbocycles. The van der Waals surface area contributed by atoms with Gasteiger partial charge in [0.15, 0.2) is 0 Å². The highest BCUT2D eigenvalue weighted by atomic mass is 15.1. The number of benzene rings is 8. The monoisotopic (exact) mass is 620 g/mol. The predicted octanol–water partition coefficient (Wildman–Crippen LogP) is 13.1. The van der Waals surface area contributed by atoms with Crippen LogP contribution in [0, 0.1) is 0 Å². The van der Waals surface area contributed by atoms with Crippen LogP contribution in [0.5, 0.6) is 0 Å². The molecule has 0 atom stereocenters. The summed E-state index contributed by atoms with van der Waals surface area (Å²) in [5.41, 5.74) is 10.2. The first kappa shape index (κ1) is 21.8. The molecular weight excluding hydrogens is 579 g/mol. The molecule has 0 bridgehead atoms. The van der Waals surface area contributed by atoms with Gasteiger partial charge in [-0.3, -0.25) is 0 Å². The van der Waals surface area contributed by atoms with Gasteiger partial charge in [-0.05, 0) is 97.0 Å². The summed E-state index contributed by atoms with van der Waals surface area (Å²) < 4.78 is 61.8. The van der Waals surface area contributed by atoms with Crippen molar-refractivity contribution in [3.05, 3.63) is 187 Å². The number of rotatable bonds is 5. The molecule has 8 aromatic carbocycles. The third-order valence-electron chi connectivity index (χ3n) is 9.72. The number of nitrogens with zero attached hydrogens (tertiary/aromatic N) is 1. The Bertz CT molecular complexity index is 2870. The Hall–Kier alpha value is -5.92. The average molecular weight is 621 g/mol. The molecule has 228 valence electrons. The molecule has 0 radical (unpaired) electrons. The maximum atomic E-state index is 9.31. The summed E-state index contributed by atoms with van der Waals surface area (Å²) in [6.07, 6.45) is 0. The summed E-state index contributed by atoms with van der Waals surface area (Å²) in [5.74, 6) is 0. The molecule has 48 heavy (non-hydrogen) atoms. The minimum atomic E-state index is -0.483. The van der Waals surface area contributed by atoms with Crippen molar-refractivity contribution in [3.8, 4) is 33.4 Å². The maximum Gasteiger partial charge on any atom is 0.0645 e. The van der Waals surface area contributed by atoms with Gasteiger partial charge in [0.25, 0.3) is 0 Å². The fourth-order valence-electron chi connectivity index (χ4n) is 7.45. The van der Waals surface area contributed by atoms with Crippen LogP contribution >= 0.6 is 0 Å². The van der Waals surface area contributed by atoms with E-state index in [1.54, 1.807) is 4.90 Å². The number of anilines is 3. The van der Waals surface area contributed by atoms with Crippen LogP contribution in [-0.4, -0.2) is 0 Å². The van der Waals surface area contributed by atoms with Crippen LogP contribution in [-0.2, 0) is 5.41 Å². The molecule has 0 saturated heterocycles. The van der Waals surface area contributed by atoms with Crippen LogP contribution in [0.2, 0.25) is 0 Å². The van der Waals surface area contributed by atoms with Gasteiger partial charge in [-0.25, -0.2) is 0 Å². The van der Waals surface area contributed by atoms with E-state index < -0.39 is 30.2 Å². The SMILES string of the molecule is [2H]c1c([2H])c([2H])c2c(N(c3ccc(-c4cccc5c4C(C)(C)c4ccccc4-5)cc3)c3cccc(-c4ccc5ccccc5c4)c3)c([2H])c([2H])c([2H])c2c1[2H]. The fourth-order valence-corrected chi connectivity index (χ4v) is 7.45. The van der Waals surface area contributed by atoms with E-state index in [1.807, 2.05) is 60.7 Å². The molecule has 1 aliphatic carbocycles. The molecule has 0 fully saturated rings. The van der Waals surface area contributed by atoms with Gasteiger partial charge in [-0.2, -0.15) is 0 Å². The zero-order chi connectivity index (χ0) is 38.3. The highest BCUT2D eigenvalue weighted by Gasteiger charge is 2.37. The van der Waals surface area contributed by atoms with Gasteiger partial charge in [0, 0.05) is 22.2 Å². The number of fused-ring (bicyclic) bond motifs is 5. The summed E-state index contributed by atoms with van der Waals surface area (Å²) >= 11 is 0. The van der Waals surface area contributed by atoms with E-state index in [-0.39, 0.29) is 34.0 Å². The van der Waals surface area contributed by atoms with E-state index in [9.17, 15) is 1.37 Å². The van der Waals surface area contributed by atoms with E-state index in [0.29, 0.717) is 11.4 Å². The lowest BCUT2D eigenvalue weighted by atomic mass is 9.79. The lowest BCUT2D eigenvalue weighted by molar-refractivity contribution is 0.662. The molecular formula is C47H35N. The Morgan fingerprint density at radius 1 is 0.479 bits per heavy atom. The predicted molar refractivity (Wildman–Crippen MR) is 205 cm³/mol. The molecule has 0 aliphatic heterocycles. The minimum absolute atomic E-state index is 0.0255. The Morgan fingerprint density at radius 3 is 2.06 bits per heavy atom. The second-order valence-corrected chi connectivity index (χ2v) is 12.9. The summed E-state index contributed by atoms with van der Waals surface area (Å²) in [6.45, 7) is 4.52. The average Bonchev–Trinajstić information content (AvgIpc) is 3.45. The second-order valence-electron chi connectivity index (χ2n) is 12.9. The van der Waals surface area contributed by atoms with Crippen molar-refractivity contribution >= 4 is 38.6 Å². The van der Waals surface area contributed by atoms with Crippen molar-refractivity contribution in [1.29, 1.82) is 0 Å². The van der Waals surface area contributed by atoms with Crippen LogP contribution in [0.15, 0.2) is 176 Å². The fraction of sp³-hybridized carbons (Fsp3) is 0.0638. The van der Waals surface area contributed by atoms with E-state index in [1.165, 1.54) is 22.3 Å². The quantitative estimate of drug-likeness (QED) is 0.185. The molecule has 0 N–H and O–H groups in total. The molecule has 1 heteroatoms. The zero-order valence-electron chi connectivity index (χ0n) is 33.6. The molecule has 8 aromatic rings. The normalized spacial score (nSPS) is 15.0. The summed E-state index contributed by atoms with van der Waals surface area (Å²) in [7, 11) is 0. The van der Waals surface area contributed by atoms with Crippen molar-refractivity contribution in [2.75, 3.05) is 4.90 Å². The molecule has 9 rings (SSSR count). The molecule has 1 nitrogen and oxygen atoms in total. The van der Waals surface area contributed by atoms with Crippen molar-refractivity contribution in [1.82, 2.24) is 0 Å². The van der Waals surface area contributed by atoms with Crippen LogP contribution in [0.25, 0.3) is 54.9 Å². The smallest absolute Gasteiger partial charge is 0.0645 e. The first-order valence-electron chi connectivity index (χ1n) is 19.7. The standard InChI is InChI=1S/C47H35N/c1-47(2)44-22-8-7-19-42(44)43-21-11-20-41(46(43)47)34-26-28-38(29-27-34)48(45-23-10-15-33-13-5-6-18-40(33)45)39-17-9-16-36(31-39)37-25-24-32-12-3-4-14-35(32)30-37/h3-31H,1-2H3/i5D,6D,10D,13D,15D,18D,23D. The number of hydrogen-bond acceptors (Lipinski definition) is 1. The lowest BCUT2D eigenvalue weighted by Gasteiger charge is -2.28. The van der Waals surface area contributed by atoms with Crippen LogP contribution in [0.3, 0.4) is 0 Å². The van der Waals surface area contributed by atoms with E-state index in [2.05, 4.69) is 86.6 Å². The summed E-state index contributed by atoms with van der Waals surface area (Å²) in [4.78, 5) is 1.80. The first-order valence-corrected chi connectivity index (χ1v) is 16.2. The maximum absolute atomic E-state index is 9.31. The van der Waals surface area contributed by atoms with Crippen LogP contribution in [0.4, 0.5) is 17.1 Å². The Balaban J connectivity index is 1.27. The molecule has 0 spiro atoms. The van der Waals surface area contributed by atoms with Gasteiger partial charge >= 0.3 is 0 Å². The molecule has 0 heterocycles. The second kappa shape index (κ2) is 11.1. The van der Waals surface area contributed by atoms with Crippen molar-refractivity contribution < 1.29 is 9.60 Å².